The van der Waals surface area contributed by atoms with Crippen LogP contribution in [0.1, 0.15) is 29.1 Å². The van der Waals surface area contributed by atoms with Crippen molar-refractivity contribution >= 4 is 11.6 Å². The van der Waals surface area contributed by atoms with E-state index in [9.17, 15) is 14.7 Å². The molecule has 0 radical (unpaired) electrons. The first kappa shape index (κ1) is 17.6. The Bertz CT molecular complexity index is 1050. The molecule has 9 nitrogen and oxygen atoms in total. The van der Waals surface area contributed by atoms with Gasteiger partial charge in [0.2, 0.25) is 5.89 Å². The predicted molar refractivity (Wildman–Crippen MR) is 89.6 cm³/mol. The molecule has 2 aromatic heterocycles. The highest BCUT2D eigenvalue weighted by molar-refractivity contribution is 6.30. The largest absolute Gasteiger partial charge is 0.388 e. The maximum atomic E-state index is 11.9. The highest BCUT2D eigenvalue weighted by Gasteiger charge is 2.15. The number of H-pyrrole nitrogens is 1. The van der Waals surface area contributed by atoms with E-state index in [1.807, 2.05) is 0 Å². The van der Waals surface area contributed by atoms with Crippen molar-refractivity contribution in [2.45, 2.75) is 19.1 Å². The lowest BCUT2D eigenvalue weighted by Gasteiger charge is -2.08. The molecule has 1 aromatic carbocycles. The van der Waals surface area contributed by atoms with Crippen LogP contribution in [0.3, 0.4) is 0 Å². The Morgan fingerprint density at radius 3 is 2.73 bits per heavy atom. The van der Waals surface area contributed by atoms with Gasteiger partial charge in [0, 0.05) is 17.5 Å². The maximum Gasteiger partial charge on any atom is 0.329 e. The summed E-state index contributed by atoms with van der Waals surface area (Å²) in [7, 11) is 0. The second kappa shape index (κ2) is 7.35. The molecule has 1 atom stereocenters. The fraction of sp³-hybridized carbons (Fsp3) is 0.188. The summed E-state index contributed by atoms with van der Waals surface area (Å²) in [4.78, 5) is 30.0. The molecule has 0 aliphatic rings. The zero-order valence-corrected chi connectivity index (χ0v) is 14.0. The molecule has 2 N–H and O–H groups in total. The van der Waals surface area contributed by atoms with E-state index in [1.165, 1.54) is 0 Å². The number of hydrogen-bond donors (Lipinski definition) is 2. The molecule has 132 valence electrons. The van der Waals surface area contributed by atoms with Crippen LogP contribution in [0.4, 0.5) is 0 Å². The van der Waals surface area contributed by atoms with E-state index in [2.05, 4.69) is 15.1 Å². The molecule has 0 aliphatic carbocycles. The van der Waals surface area contributed by atoms with Crippen LogP contribution < -0.4 is 11.2 Å². The van der Waals surface area contributed by atoms with Crippen LogP contribution in [-0.4, -0.2) is 24.8 Å². The summed E-state index contributed by atoms with van der Waals surface area (Å²) in [5.74, 6) is 0.251. The lowest BCUT2D eigenvalue weighted by atomic mass is 10.1. The zero-order chi connectivity index (χ0) is 18.7. The molecular weight excluding hydrogens is 362 g/mol. The van der Waals surface area contributed by atoms with E-state index < -0.39 is 17.4 Å². The number of benzene rings is 1. The number of halogens is 1. The van der Waals surface area contributed by atoms with E-state index in [1.54, 1.807) is 30.3 Å². The molecule has 2 heterocycles. The number of rotatable bonds is 5. The number of aliphatic hydroxyl groups is 1. The first-order valence-electron chi connectivity index (χ1n) is 7.45. The van der Waals surface area contributed by atoms with Crippen LogP contribution in [0.15, 0.2) is 44.4 Å². The normalized spacial score (nSPS) is 11.9. The van der Waals surface area contributed by atoms with Crippen molar-refractivity contribution in [1.29, 1.82) is 5.26 Å². The fourth-order valence-electron chi connectivity index (χ4n) is 2.28. The van der Waals surface area contributed by atoms with Crippen LogP contribution in [0.2, 0.25) is 5.02 Å². The molecule has 3 aromatic rings. The van der Waals surface area contributed by atoms with E-state index in [-0.39, 0.29) is 30.4 Å². The second-order valence-corrected chi connectivity index (χ2v) is 5.84. The number of nitrogens with zero attached hydrogens (tertiary/aromatic N) is 4. The van der Waals surface area contributed by atoms with Gasteiger partial charge in [-0.25, -0.2) is 4.79 Å². The number of aromatic amines is 1. The highest BCUT2D eigenvalue weighted by Crippen LogP contribution is 2.19. The van der Waals surface area contributed by atoms with E-state index in [0.29, 0.717) is 10.6 Å². The van der Waals surface area contributed by atoms with E-state index in [4.69, 9.17) is 21.4 Å². The third kappa shape index (κ3) is 3.88. The summed E-state index contributed by atoms with van der Waals surface area (Å²) in [6, 6.07) is 9.38. The van der Waals surface area contributed by atoms with Crippen LogP contribution >= 0.6 is 11.6 Å². The summed E-state index contributed by atoms with van der Waals surface area (Å²) < 4.78 is 5.85. The van der Waals surface area contributed by atoms with Crippen molar-refractivity contribution in [3.05, 3.63) is 79.2 Å². The molecule has 26 heavy (non-hydrogen) atoms. The van der Waals surface area contributed by atoms with E-state index in [0.717, 1.165) is 10.6 Å². The molecule has 0 saturated heterocycles. The SMILES string of the molecule is N#Cc1cc(=O)n(Cc2nc(C[C@H](O)c3ccc(Cl)cc3)no2)c(=O)[nH]1. The Morgan fingerprint density at radius 1 is 1.35 bits per heavy atom. The third-order valence-electron chi connectivity index (χ3n) is 3.58. The molecule has 10 heteroatoms. The molecular formula is C16H12ClN5O4. The highest BCUT2D eigenvalue weighted by atomic mass is 35.5. The number of aromatic nitrogens is 4. The van der Waals surface area contributed by atoms with Crippen molar-refractivity contribution in [2.24, 2.45) is 0 Å². The molecule has 0 fully saturated rings. The smallest absolute Gasteiger partial charge is 0.329 e. The van der Waals surface area contributed by atoms with Gasteiger partial charge in [-0.3, -0.25) is 14.3 Å². The summed E-state index contributed by atoms with van der Waals surface area (Å²) in [6.45, 7) is -0.246. The summed E-state index contributed by atoms with van der Waals surface area (Å²) in [5, 5.41) is 23.2. The summed E-state index contributed by atoms with van der Waals surface area (Å²) in [5.41, 5.74) is -0.907. The quantitative estimate of drug-likeness (QED) is 0.673. The average molecular weight is 374 g/mol. The molecule has 0 unspecified atom stereocenters. The third-order valence-corrected chi connectivity index (χ3v) is 3.83. The van der Waals surface area contributed by atoms with Crippen molar-refractivity contribution in [3.63, 3.8) is 0 Å². The van der Waals surface area contributed by atoms with Crippen LogP contribution in [-0.2, 0) is 13.0 Å². The fourth-order valence-corrected chi connectivity index (χ4v) is 2.40. The van der Waals surface area contributed by atoms with Gasteiger partial charge in [-0.05, 0) is 17.7 Å². The van der Waals surface area contributed by atoms with Gasteiger partial charge in [0.25, 0.3) is 5.56 Å². The molecule has 3 rings (SSSR count). The Morgan fingerprint density at radius 2 is 2.08 bits per heavy atom. The van der Waals surface area contributed by atoms with Gasteiger partial charge in [0.15, 0.2) is 5.82 Å². The van der Waals surface area contributed by atoms with Gasteiger partial charge in [-0.2, -0.15) is 10.2 Å². The van der Waals surface area contributed by atoms with E-state index >= 15 is 0 Å². The minimum atomic E-state index is -0.862. The Kier molecular flexibility index (Phi) is 4.97. The number of aliphatic hydroxyl groups excluding tert-OH is 1. The van der Waals surface area contributed by atoms with Crippen molar-refractivity contribution in [3.8, 4) is 6.07 Å². The van der Waals surface area contributed by atoms with Gasteiger partial charge < -0.3 is 9.63 Å². The molecule has 0 saturated carbocycles. The second-order valence-electron chi connectivity index (χ2n) is 5.40. The minimum absolute atomic E-state index is 0.0283. The number of hydrogen-bond acceptors (Lipinski definition) is 7. The summed E-state index contributed by atoms with van der Waals surface area (Å²) in [6.07, 6.45) is -0.775. The Balaban J connectivity index is 1.75. The lowest BCUT2D eigenvalue weighted by molar-refractivity contribution is 0.174. The first-order chi connectivity index (χ1) is 12.5. The Labute approximate surface area is 151 Å². The van der Waals surface area contributed by atoms with Crippen molar-refractivity contribution < 1.29 is 9.63 Å². The van der Waals surface area contributed by atoms with Gasteiger partial charge >= 0.3 is 5.69 Å². The van der Waals surface area contributed by atoms with Crippen molar-refractivity contribution in [2.75, 3.05) is 0 Å². The molecule has 0 aliphatic heterocycles. The number of nitriles is 1. The van der Waals surface area contributed by atoms with Gasteiger partial charge in [0.05, 0.1) is 6.10 Å². The van der Waals surface area contributed by atoms with Gasteiger partial charge in [0.1, 0.15) is 18.3 Å². The van der Waals surface area contributed by atoms with Gasteiger partial charge in [-0.1, -0.05) is 28.9 Å². The molecule has 0 amide bonds. The average Bonchev–Trinajstić information content (AvgIpc) is 3.05. The topological polar surface area (TPSA) is 138 Å². The van der Waals surface area contributed by atoms with Crippen LogP contribution in [0, 0.1) is 11.3 Å². The molecule has 0 spiro atoms. The standard InChI is InChI=1S/C16H12ClN5O4/c17-10-3-1-9(2-4-10)12(23)6-13-20-14(26-21-13)8-22-15(24)5-11(7-18)19-16(22)25/h1-5,12,23H,6,8H2,(H,19,25)/t12-/m0/s1. The van der Waals surface area contributed by atoms with Crippen LogP contribution in [0.25, 0.3) is 0 Å². The lowest BCUT2D eigenvalue weighted by Crippen LogP contribution is -2.35. The van der Waals surface area contributed by atoms with Crippen LogP contribution in [0.5, 0.6) is 0 Å². The minimum Gasteiger partial charge on any atom is -0.388 e. The van der Waals surface area contributed by atoms with Crippen molar-refractivity contribution in [1.82, 2.24) is 19.7 Å². The van der Waals surface area contributed by atoms with Gasteiger partial charge in [-0.15, -0.1) is 0 Å². The molecule has 0 bridgehead atoms. The Hall–Kier alpha value is -3.22. The summed E-state index contributed by atoms with van der Waals surface area (Å²) >= 11 is 5.81. The number of nitrogens with one attached hydrogen (secondary N) is 1. The zero-order valence-electron chi connectivity index (χ0n) is 13.2. The first-order valence-corrected chi connectivity index (χ1v) is 7.83. The monoisotopic (exact) mass is 373 g/mol. The maximum absolute atomic E-state index is 11.9. The predicted octanol–water partition coefficient (Wildman–Crippen LogP) is 0.769.